The van der Waals surface area contributed by atoms with Crippen LogP contribution < -0.4 is 5.73 Å². The van der Waals surface area contributed by atoms with Crippen molar-refractivity contribution >= 4 is 0 Å². The van der Waals surface area contributed by atoms with Crippen LogP contribution in [0.1, 0.15) is 13.8 Å². The Morgan fingerprint density at radius 2 is 1.62 bits per heavy atom. The van der Waals surface area contributed by atoms with Gasteiger partial charge in [0.05, 0.1) is 6.61 Å². The second-order valence-electron chi connectivity index (χ2n) is 4.94. The SMILES string of the molecule is CC(C)COCCN1CCN(CCN)CC1. The molecule has 1 heterocycles. The van der Waals surface area contributed by atoms with Crippen molar-refractivity contribution in [1.82, 2.24) is 9.80 Å². The van der Waals surface area contributed by atoms with Gasteiger partial charge in [-0.3, -0.25) is 9.80 Å². The predicted molar refractivity (Wildman–Crippen MR) is 67.6 cm³/mol. The summed E-state index contributed by atoms with van der Waals surface area (Å²) < 4.78 is 5.60. The minimum atomic E-state index is 0.640. The van der Waals surface area contributed by atoms with Gasteiger partial charge in [-0.1, -0.05) is 13.8 Å². The van der Waals surface area contributed by atoms with Crippen LogP contribution in [0.3, 0.4) is 0 Å². The molecule has 0 bridgehead atoms. The zero-order chi connectivity index (χ0) is 11.8. The summed E-state index contributed by atoms with van der Waals surface area (Å²) in [5.74, 6) is 0.640. The van der Waals surface area contributed by atoms with Gasteiger partial charge in [0.25, 0.3) is 0 Å². The molecule has 1 aliphatic heterocycles. The molecule has 0 unspecified atom stereocenters. The fourth-order valence-corrected chi connectivity index (χ4v) is 1.93. The van der Waals surface area contributed by atoms with E-state index in [0.29, 0.717) is 5.92 Å². The summed E-state index contributed by atoms with van der Waals surface area (Å²) in [5, 5.41) is 0. The topological polar surface area (TPSA) is 41.7 Å². The third-order valence-corrected chi connectivity index (χ3v) is 2.91. The van der Waals surface area contributed by atoms with Crippen LogP contribution in [0.15, 0.2) is 0 Å². The first kappa shape index (κ1) is 13.9. The highest BCUT2D eigenvalue weighted by atomic mass is 16.5. The van der Waals surface area contributed by atoms with E-state index < -0.39 is 0 Å². The van der Waals surface area contributed by atoms with Crippen LogP contribution in [0.4, 0.5) is 0 Å². The minimum Gasteiger partial charge on any atom is -0.380 e. The van der Waals surface area contributed by atoms with E-state index in [4.69, 9.17) is 10.5 Å². The quantitative estimate of drug-likeness (QED) is 0.635. The lowest BCUT2D eigenvalue weighted by Crippen LogP contribution is -2.48. The Hall–Kier alpha value is -0.160. The number of nitrogens with two attached hydrogens (primary N) is 1. The maximum Gasteiger partial charge on any atom is 0.0593 e. The highest BCUT2D eigenvalue weighted by Gasteiger charge is 2.15. The van der Waals surface area contributed by atoms with Crippen LogP contribution in [-0.2, 0) is 4.74 Å². The van der Waals surface area contributed by atoms with E-state index in [9.17, 15) is 0 Å². The molecule has 1 aliphatic rings. The zero-order valence-electron chi connectivity index (χ0n) is 10.8. The molecule has 0 radical (unpaired) electrons. The summed E-state index contributed by atoms with van der Waals surface area (Å²) in [4.78, 5) is 4.92. The van der Waals surface area contributed by atoms with Crippen LogP contribution in [0.5, 0.6) is 0 Å². The van der Waals surface area contributed by atoms with Gasteiger partial charge >= 0.3 is 0 Å². The number of nitrogens with zero attached hydrogens (tertiary/aromatic N) is 2. The summed E-state index contributed by atoms with van der Waals surface area (Å²) in [6.07, 6.45) is 0. The second kappa shape index (κ2) is 8.01. The predicted octanol–water partition coefficient (Wildman–Crippen LogP) is 0.235. The summed E-state index contributed by atoms with van der Waals surface area (Å²) in [6, 6.07) is 0. The molecular formula is C12H27N3O. The first-order valence-corrected chi connectivity index (χ1v) is 6.45. The van der Waals surface area contributed by atoms with E-state index in [0.717, 1.165) is 59.0 Å². The largest absolute Gasteiger partial charge is 0.380 e. The Balaban J connectivity index is 1.99. The number of hydrogen-bond acceptors (Lipinski definition) is 4. The van der Waals surface area contributed by atoms with Gasteiger partial charge in [-0.15, -0.1) is 0 Å². The Morgan fingerprint density at radius 3 is 2.12 bits per heavy atom. The van der Waals surface area contributed by atoms with Crippen LogP contribution in [0, 0.1) is 5.92 Å². The smallest absolute Gasteiger partial charge is 0.0593 e. The fourth-order valence-electron chi connectivity index (χ4n) is 1.93. The summed E-state index contributed by atoms with van der Waals surface area (Å²) in [6.45, 7) is 13.6. The van der Waals surface area contributed by atoms with Crippen LogP contribution >= 0.6 is 0 Å². The van der Waals surface area contributed by atoms with E-state index in [1.165, 1.54) is 0 Å². The maximum absolute atomic E-state index is 5.60. The van der Waals surface area contributed by atoms with E-state index in [-0.39, 0.29) is 0 Å². The third-order valence-electron chi connectivity index (χ3n) is 2.91. The normalized spacial score (nSPS) is 19.5. The lowest BCUT2D eigenvalue weighted by Gasteiger charge is -2.34. The second-order valence-corrected chi connectivity index (χ2v) is 4.94. The van der Waals surface area contributed by atoms with Crippen molar-refractivity contribution in [3.05, 3.63) is 0 Å². The van der Waals surface area contributed by atoms with Gasteiger partial charge in [-0.25, -0.2) is 0 Å². The zero-order valence-corrected chi connectivity index (χ0v) is 10.8. The van der Waals surface area contributed by atoms with Crippen molar-refractivity contribution in [2.75, 3.05) is 59.0 Å². The first-order valence-electron chi connectivity index (χ1n) is 6.45. The van der Waals surface area contributed by atoms with Crippen LogP contribution in [0.2, 0.25) is 0 Å². The van der Waals surface area contributed by atoms with Gasteiger partial charge in [0.15, 0.2) is 0 Å². The Morgan fingerprint density at radius 1 is 1.06 bits per heavy atom. The first-order chi connectivity index (χ1) is 7.72. The molecule has 0 aromatic heterocycles. The fraction of sp³-hybridized carbons (Fsp3) is 1.00. The molecule has 0 aliphatic carbocycles. The minimum absolute atomic E-state index is 0.640. The number of piperazine rings is 1. The number of ether oxygens (including phenoxy) is 1. The Bertz CT molecular complexity index is 168. The van der Waals surface area contributed by atoms with Crippen molar-refractivity contribution in [2.45, 2.75) is 13.8 Å². The monoisotopic (exact) mass is 229 g/mol. The van der Waals surface area contributed by atoms with Crippen molar-refractivity contribution in [3.8, 4) is 0 Å². The van der Waals surface area contributed by atoms with Crippen molar-refractivity contribution in [1.29, 1.82) is 0 Å². The lowest BCUT2D eigenvalue weighted by molar-refractivity contribution is 0.0651. The average Bonchev–Trinajstić information content (AvgIpc) is 2.27. The van der Waals surface area contributed by atoms with E-state index in [1.807, 2.05) is 0 Å². The molecule has 1 fully saturated rings. The summed E-state index contributed by atoms with van der Waals surface area (Å²) in [7, 11) is 0. The van der Waals surface area contributed by atoms with Gasteiger partial charge < -0.3 is 10.5 Å². The molecule has 2 N–H and O–H groups in total. The maximum atomic E-state index is 5.60. The molecule has 4 heteroatoms. The molecule has 16 heavy (non-hydrogen) atoms. The molecule has 96 valence electrons. The molecule has 0 aromatic rings. The Kier molecular flexibility index (Phi) is 6.96. The Labute approximate surface area is 99.7 Å². The molecule has 0 spiro atoms. The number of hydrogen-bond donors (Lipinski definition) is 1. The molecule has 0 amide bonds. The van der Waals surface area contributed by atoms with Gasteiger partial charge in [0.1, 0.15) is 0 Å². The molecular weight excluding hydrogens is 202 g/mol. The average molecular weight is 229 g/mol. The summed E-state index contributed by atoms with van der Waals surface area (Å²) in [5.41, 5.74) is 5.55. The van der Waals surface area contributed by atoms with Gasteiger partial charge in [0, 0.05) is 52.4 Å². The molecule has 0 atom stereocenters. The van der Waals surface area contributed by atoms with E-state index in [2.05, 4.69) is 23.6 Å². The van der Waals surface area contributed by atoms with Gasteiger partial charge in [-0.2, -0.15) is 0 Å². The van der Waals surface area contributed by atoms with E-state index >= 15 is 0 Å². The lowest BCUT2D eigenvalue weighted by atomic mass is 10.2. The molecule has 0 aromatic carbocycles. The van der Waals surface area contributed by atoms with E-state index in [1.54, 1.807) is 0 Å². The van der Waals surface area contributed by atoms with Gasteiger partial charge in [-0.05, 0) is 5.92 Å². The third kappa shape index (κ3) is 5.80. The van der Waals surface area contributed by atoms with Crippen molar-refractivity contribution in [3.63, 3.8) is 0 Å². The molecule has 1 rings (SSSR count). The molecule has 1 saturated heterocycles. The van der Waals surface area contributed by atoms with Crippen molar-refractivity contribution < 1.29 is 4.74 Å². The molecule has 4 nitrogen and oxygen atoms in total. The molecule has 0 saturated carbocycles. The summed E-state index contributed by atoms with van der Waals surface area (Å²) >= 11 is 0. The van der Waals surface area contributed by atoms with Crippen LogP contribution in [0.25, 0.3) is 0 Å². The standard InChI is InChI=1S/C12H27N3O/c1-12(2)11-16-10-9-15-7-5-14(4-3-13)6-8-15/h12H,3-11,13H2,1-2H3. The van der Waals surface area contributed by atoms with Crippen molar-refractivity contribution in [2.24, 2.45) is 11.7 Å². The number of rotatable bonds is 7. The highest BCUT2D eigenvalue weighted by molar-refractivity contribution is 4.71. The van der Waals surface area contributed by atoms with Crippen LogP contribution in [-0.4, -0.2) is 68.8 Å². The van der Waals surface area contributed by atoms with Gasteiger partial charge in [0.2, 0.25) is 0 Å². The highest BCUT2D eigenvalue weighted by Crippen LogP contribution is 2.01.